The molecule has 3 rings (SSSR count). The van der Waals surface area contributed by atoms with Crippen molar-refractivity contribution in [2.75, 3.05) is 13.7 Å². The van der Waals surface area contributed by atoms with E-state index in [4.69, 9.17) is 21.1 Å². The Morgan fingerprint density at radius 2 is 2.04 bits per heavy atom. The minimum absolute atomic E-state index is 0.303. The number of ether oxygens (including phenoxy) is 2. The molecule has 24 heavy (non-hydrogen) atoms. The maximum atomic E-state index is 11.8. The topological polar surface area (TPSA) is 66.2 Å². The van der Waals surface area contributed by atoms with Crippen molar-refractivity contribution in [3.63, 3.8) is 0 Å². The predicted octanol–water partition coefficient (Wildman–Crippen LogP) is 3.32. The molecule has 0 bridgehead atoms. The highest BCUT2D eigenvalue weighted by molar-refractivity contribution is 6.34. The number of halogens is 1. The van der Waals surface area contributed by atoms with E-state index in [9.17, 15) is 4.79 Å². The number of methoxy groups -OCH3 is 1. The van der Waals surface area contributed by atoms with Crippen LogP contribution in [0.25, 0.3) is 11.0 Å². The van der Waals surface area contributed by atoms with Gasteiger partial charge >= 0.3 is 5.97 Å². The Balaban J connectivity index is 1.92. The Labute approximate surface area is 144 Å². The first-order valence-electron chi connectivity index (χ1n) is 7.44. The summed E-state index contributed by atoms with van der Waals surface area (Å²) < 4.78 is 11.8. The maximum Gasteiger partial charge on any atom is 0.339 e. The first kappa shape index (κ1) is 16.3. The van der Waals surface area contributed by atoms with Crippen LogP contribution in [0.1, 0.15) is 22.8 Å². The van der Waals surface area contributed by atoms with E-state index in [0.29, 0.717) is 34.9 Å². The molecule has 124 valence electrons. The van der Waals surface area contributed by atoms with Crippen LogP contribution >= 0.6 is 11.6 Å². The molecule has 0 fully saturated rings. The van der Waals surface area contributed by atoms with Crippen molar-refractivity contribution < 1.29 is 14.3 Å². The van der Waals surface area contributed by atoms with Gasteiger partial charge in [-0.15, -0.1) is 0 Å². The third-order valence-electron chi connectivity index (χ3n) is 3.54. The number of aromatic nitrogens is 3. The van der Waals surface area contributed by atoms with Gasteiger partial charge in [-0.05, 0) is 30.7 Å². The fraction of sp³-hybridized carbons (Fsp3) is 0.235. The number of benzene rings is 1. The van der Waals surface area contributed by atoms with E-state index in [0.717, 1.165) is 11.3 Å². The fourth-order valence-electron chi connectivity index (χ4n) is 2.36. The Bertz CT molecular complexity index is 875. The smallest absolute Gasteiger partial charge is 0.339 e. The van der Waals surface area contributed by atoms with Crippen LogP contribution in [0.2, 0.25) is 5.15 Å². The van der Waals surface area contributed by atoms with E-state index >= 15 is 0 Å². The number of esters is 1. The number of hydrogen-bond acceptors (Lipinski definition) is 5. The van der Waals surface area contributed by atoms with Crippen molar-refractivity contribution in [1.82, 2.24) is 14.8 Å². The van der Waals surface area contributed by atoms with Crippen LogP contribution in [0, 0.1) is 0 Å². The minimum Gasteiger partial charge on any atom is -0.497 e. The molecule has 0 saturated heterocycles. The second kappa shape index (κ2) is 6.88. The number of rotatable bonds is 5. The van der Waals surface area contributed by atoms with Gasteiger partial charge < -0.3 is 9.47 Å². The fourth-order valence-corrected chi connectivity index (χ4v) is 2.59. The van der Waals surface area contributed by atoms with Gasteiger partial charge in [-0.25, -0.2) is 14.5 Å². The Morgan fingerprint density at radius 1 is 1.29 bits per heavy atom. The zero-order valence-corrected chi connectivity index (χ0v) is 14.1. The first-order valence-corrected chi connectivity index (χ1v) is 7.82. The molecule has 7 heteroatoms. The number of fused-ring (bicyclic) bond motifs is 1. The number of nitrogens with zero attached hydrogens (tertiary/aromatic N) is 3. The molecular weight excluding hydrogens is 330 g/mol. The van der Waals surface area contributed by atoms with E-state index < -0.39 is 5.97 Å². The molecule has 0 saturated carbocycles. The van der Waals surface area contributed by atoms with Gasteiger partial charge in [-0.3, -0.25) is 0 Å². The Hall–Kier alpha value is -2.60. The van der Waals surface area contributed by atoms with Crippen molar-refractivity contribution in [2.45, 2.75) is 13.5 Å². The number of carbonyl (C=O) groups excluding carboxylic acids is 1. The molecule has 0 aliphatic carbocycles. The van der Waals surface area contributed by atoms with E-state index in [2.05, 4.69) is 10.1 Å². The molecule has 0 unspecified atom stereocenters. The lowest BCUT2D eigenvalue weighted by Gasteiger charge is -2.05. The average molecular weight is 346 g/mol. The molecule has 3 aromatic rings. The molecule has 6 nitrogen and oxygen atoms in total. The quantitative estimate of drug-likeness (QED) is 0.664. The third kappa shape index (κ3) is 3.19. The lowest BCUT2D eigenvalue weighted by molar-refractivity contribution is 0.0526. The van der Waals surface area contributed by atoms with Gasteiger partial charge in [0.1, 0.15) is 5.75 Å². The molecule has 2 heterocycles. The van der Waals surface area contributed by atoms with Crippen LogP contribution in [0.15, 0.2) is 36.5 Å². The van der Waals surface area contributed by atoms with Gasteiger partial charge in [0.15, 0.2) is 10.8 Å². The summed E-state index contributed by atoms with van der Waals surface area (Å²) >= 11 is 6.20. The molecule has 0 spiro atoms. The summed E-state index contributed by atoms with van der Waals surface area (Å²) in [6, 6.07) is 9.32. The van der Waals surface area contributed by atoms with Gasteiger partial charge in [0, 0.05) is 6.20 Å². The predicted molar refractivity (Wildman–Crippen MR) is 90.6 cm³/mol. The highest BCUT2D eigenvalue weighted by Gasteiger charge is 2.15. The number of hydrogen-bond donors (Lipinski definition) is 0. The molecule has 0 amide bonds. The number of pyridine rings is 1. The van der Waals surface area contributed by atoms with Gasteiger partial charge in [0.05, 0.1) is 31.2 Å². The normalized spacial score (nSPS) is 10.8. The van der Waals surface area contributed by atoms with Crippen LogP contribution in [0.5, 0.6) is 5.75 Å². The second-order valence-electron chi connectivity index (χ2n) is 5.11. The Kier molecular flexibility index (Phi) is 4.66. The second-order valence-corrected chi connectivity index (χ2v) is 5.47. The van der Waals surface area contributed by atoms with Gasteiger partial charge in [-0.2, -0.15) is 5.10 Å². The SMILES string of the molecule is CCOC(=O)c1cnc2c(c1)c(Cl)nn2Cc1ccc(OC)cc1. The molecule has 0 atom stereocenters. The summed E-state index contributed by atoms with van der Waals surface area (Å²) in [6.45, 7) is 2.57. The van der Waals surface area contributed by atoms with E-state index in [1.807, 2.05) is 24.3 Å². The standard InChI is InChI=1S/C17H16ClN3O3/c1-3-24-17(22)12-8-14-15(18)20-21(16(14)19-9-12)10-11-4-6-13(23-2)7-5-11/h4-9H,3,10H2,1-2H3. The van der Waals surface area contributed by atoms with Gasteiger partial charge in [-0.1, -0.05) is 23.7 Å². The van der Waals surface area contributed by atoms with Crippen LogP contribution in [0.3, 0.4) is 0 Å². The average Bonchev–Trinajstić information content (AvgIpc) is 2.91. The monoisotopic (exact) mass is 345 g/mol. The summed E-state index contributed by atoms with van der Waals surface area (Å²) in [5.74, 6) is 0.366. The van der Waals surface area contributed by atoms with E-state index in [1.54, 1.807) is 24.8 Å². The van der Waals surface area contributed by atoms with Crippen molar-refractivity contribution >= 4 is 28.6 Å². The molecule has 2 aromatic heterocycles. The van der Waals surface area contributed by atoms with Gasteiger partial charge in [0.25, 0.3) is 0 Å². The van der Waals surface area contributed by atoms with Crippen LogP contribution < -0.4 is 4.74 Å². The summed E-state index contributed by atoms with van der Waals surface area (Å²) in [7, 11) is 1.63. The third-order valence-corrected chi connectivity index (χ3v) is 3.82. The lowest BCUT2D eigenvalue weighted by atomic mass is 10.2. The van der Waals surface area contributed by atoms with Crippen molar-refractivity contribution in [3.05, 3.63) is 52.8 Å². The maximum absolute atomic E-state index is 11.8. The summed E-state index contributed by atoms with van der Waals surface area (Å²) in [5.41, 5.74) is 2.01. The molecule has 0 aliphatic heterocycles. The molecule has 0 aliphatic rings. The van der Waals surface area contributed by atoms with Gasteiger partial charge in [0.2, 0.25) is 0 Å². The molecular formula is C17H16ClN3O3. The first-order chi connectivity index (χ1) is 11.6. The zero-order valence-electron chi connectivity index (χ0n) is 13.3. The summed E-state index contributed by atoms with van der Waals surface area (Å²) in [6.07, 6.45) is 1.48. The van der Waals surface area contributed by atoms with Crippen LogP contribution in [-0.2, 0) is 11.3 Å². The number of carbonyl (C=O) groups is 1. The summed E-state index contributed by atoms with van der Waals surface area (Å²) in [4.78, 5) is 16.1. The molecule has 1 aromatic carbocycles. The summed E-state index contributed by atoms with van der Waals surface area (Å²) in [5, 5.41) is 5.23. The van der Waals surface area contributed by atoms with Crippen molar-refractivity contribution in [1.29, 1.82) is 0 Å². The van der Waals surface area contributed by atoms with Crippen molar-refractivity contribution in [2.24, 2.45) is 0 Å². The molecule has 0 radical (unpaired) electrons. The largest absolute Gasteiger partial charge is 0.497 e. The highest BCUT2D eigenvalue weighted by Crippen LogP contribution is 2.23. The van der Waals surface area contributed by atoms with Crippen molar-refractivity contribution in [3.8, 4) is 5.75 Å². The minimum atomic E-state index is -0.425. The van der Waals surface area contributed by atoms with Crippen LogP contribution in [0.4, 0.5) is 0 Å². The van der Waals surface area contributed by atoms with E-state index in [-0.39, 0.29) is 0 Å². The highest BCUT2D eigenvalue weighted by atomic mass is 35.5. The molecule has 0 N–H and O–H groups in total. The zero-order chi connectivity index (χ0) is 17.1. The van der Waals surface area contributed by atoms with E-state index in [1.165, 1.54) is 6.20 Å². The Morgan fingerprint density at radius 3 is 2.71 bits per heavy atom. The lowest BCUT2D eigenvalue weighted by Crippen LogP contribution is -2.06. The van der Waals surface area contributed by atoms with Crippen LogP contribution in [-0.4, -0.2) is 34.5 Å².